The van der Waals surface area contributed by atoms with Gasteiger partial charge in [0.2, 0.25) is 0 Å². The lowest BCUT2D eigenvalue weighted by Crippen LogP contribution is -2.03. The van der Waals surface area contributed by atoms with E-state index in [1.807, 2.05) is 24.3 Å². The first-order chi connectivity index (χ1) is 13.1. The van der Waals surface area contributed by atoms with Crippen molar-refractivity contribution in [3.8, 4) is 27.6 Å². The number of non-ortho nitro benzene ring substituents is 1. The van der Waals surface area contributed by atoms with Crippen molar-refractivity contribution in [1.82, 2.24) is 4.98 Å². The fraction of sp³-hybridized carbons (Fsp3) is 0.0500. The van der Waals surface area contributed by atoms with Crippen LogP contribution in [0.5, 0.6) is 5.75 Å². The molecule has 3 aromatic carbocycles. The van der Waals surface area contributed by atoms with Crippen molar-refractivity contribution in [1.29, 1.82) is 0 Å². The molecule has 0 N–H and O–H groups in total. The first-order valence-electron chi connectivity index (χ1n) is 8.21. The van der Waals surface area contributed by atoms with E-state index in [9.17, 15) is 10.1 Å². The van der Waals surface area contributed by atoms with E-state index in [4.69, 9.17) is 9.72 Å². The molecule has 0 unspecified atom stereocenters. The third kappa shape index (κ3) is 2.62. The zero-order valence-electron chi connectivity index (χ0n) is 13.8. The number of thiazole rings is 1. The smallest absolute Gasteiger partial charge is 0.269 e. The molecule has 0 bridgehead atoms. The summed E-state index contributed by atoms with van der Waals surface area (Å²) in [4.78, 5) is 16.3. The Morgan fingerprint density at radius 2 is 1.89 bits per heavy atom. The largest absolute Gasteiger partial charge is 0.487 e. The number of nitro groups is 1. The van der Waals surface area contributed by atoms with E-state index in [1.165, 1.54) is 12.1 Å². The number of benzene rings is 3. The third-order valence-electron chi connectivity index (χ3n) is 4.58. The Hall–Kier alpha value is -2.77. The zero-order chi connectivity index (χ0) is 18.5. The first-order valence-corrected chi connectivity index (χ1v) is 9.82. The predicted molar refractivity (Wildman–Crippen MR) is 109 cm³/mol. The highest BCUT2D eigenvalue weighted by Crippen LogP contribution is 2.46. The van der Waals surface area contributed by atoms with Crippen molar-refractivity contribution >= 4 is 43.7 Å². The van der Waals surface area contributed by atoms with Gasteiger partial charge in [-0.3, -0.25) is 10.1 Å². The summed E-state index contributed by atoms with van der Waals surface area (Å²) in [6, 6.07) is 16.7. The van der Waals surface area contributed by atoms with Crippen LogP contribution in [0.2, 0.25) is 0 Å². The van der Waals surface area contributed by atoms with Crippen molar-refractivity contribution < 1.29 is 9.66 Å². The van der Waals surface area contributed by atoms with Gasteiger partial charge < -0.3 is 4.74 Å². The lowest BCUT2D eigenvalue weighted by atomic mass is 10.0. The summed E-state index contributed by atoms with van der Waals surface area (Å²) < 4.78 is 7.11. The molecule has 1 aromatic heterocycles. The van der Waals surface area contributed by atoms with Crippen molar-refractivity contribution in [2.24, 2.45) is 0 Å². The maximum Gasteiger partial charge on any atom is 0.269 e. The second-order valence-electron chi connectivity index (χ2n) is 6.16. The van der Waals surface area contributed by atoms with Crippen LogP contribution in [-0.2, 0) is 6.61 Å². The summed E-state index contributed by atoms with van der Waals surface area (Å²) in [6.45, 7) is 0.471. The molecule has 0 saturated heterocycles. The van der Waals surface area contributed by atoms with Crippen LogP contribution < -0.4 is 4.74 Å². The molecule has 27 heavy (non-hydrogen) atoms. The molecule has 2 heterocycles. The lowest BCUT2D eigenvalue weighted by Gasteiger charge is -2.18. The molecule has 0 aliphatic carbocycles. The summed E-state index contributed by atoms with van der Waals surface area (Å²) >= 11 is 5.15. The first kappa shape index (κ1) is 16.4. The van der Waals surface area contributed by atoms with Gasteiger partial charge in [-0.2, -0.15) is 0 Å². The number of nitro benzene ring substituents is 1. The summed E-state index contributed by atoms with van der Waals surface area (Å²) in [5, 5.41) is 13.8. The van der Waals surface area contributed by atoms with E-state index in [-0.39, 0.29) is 5.69 Å². The lowest BCUT2D eigenvalue weighted by molar-refractivity contribution is -0.384. The van der Waals surface area contributed by atoms with Gasteiger partial charge in [0.25, 0.3) is 5.69 Å². The quantitative estimate of drug-likeness (QED) is 0.276. The Bertz CT molecular complexity index is 1220. The maximum atomic E-state index is 10.8. The number of hydrogen-bond donors (Lipinski definition) is 0. The Kier molecular flexibility index (Phi) is 3.73. The fourth-order valence-electron chi connectivity index (χ4n) is 3.28. The highest BCUT2D eigenvalue weighted by atomic mass is 79.9. The molecule has 0 spiro atoms. The summed E-state index contributed by atoms with van der Waals surface area (Å²) in [5.41, 5.74) is 2.85. The van der Waals surface area contributed by atoms with Gasteiger partial charge in [0.05, 0.1) is 15.5 Å². The van der Waals surface area contributed by atoms with E-state index in [0.29, 0.717) is 6.61 Å². The predicted octanol–water partition coefficient (Wildman–Crippen LogP) is 6.19. The number of aromatic nitrogens is 1. The van der Waals surface area contributed by atoms with Crippen LogP contribution in [-0.4, -0.2) is 9.91 Å². The minimum absolute atomic E-state index is 0.0748. The van der Waals surface area contributed by atoms with E-state index < -0.39 is 4.92 Å². The van der Waals surface area contributed by atoms with Crippen molar-refractivity contribution in [2.75, 3.05) is 0 Å². The van der Waals surface area contributed by atoms with E-state index >= 15 is 0 Å². The van der Waals surface area contributed by atoms with Crippen LogP contribution in [0.15, 0.2) is 59.1 Å². The number of halogens is 1. The molecular formula is C20H11BrN2O3S. The highest BCUT2D eigenvalue weighted by Gasteiger charge is 2.24. The van der Waals surface area contributed by atoms with Gasteiger partial charge in [0.15, 0.2) is 0 Å². The molecular weight excluding hydrogens is 428 g/mol. The average Bonchev–Trinajstić information content (AvgIpc) is 3.13. The van der Waals surface area contributed by atoms with Gasteiger partial charge in [-0.1, -0.05) is 34.1 Å². The van der Waals surface area contributed by atoms with Gasteiger partial charge in [0, 0.05) is 33.1 Å². The second-order valence-corrected chi connectivity index (χ2v) is 8.10. The standard InChI is InChI=1S/C20H11BrN2O3S/c21-16-3-1-2-14-13(16)8-9-15-18-17(10-26-19(14)15)27-20(22-18)11-4-6-12(7-5-11)23(24)25/h1-9H,10H2. The van der Waals surface area contributed by atoms with Crippen molar-refractivity contribution in [2.45, 2.75) is 6.61 Å². The molecule has 0 saturated carbocycles. The molecule has 1 aliphatic heterocycles. The number of rotatable bonds is 2. The normalized spacial score (nSPS) is 12.3. The van der Waals surface area contributed by atoms with E-state index in [1.54, 1.807) is 23.5 Å². The minimum atomic E-state index is -0.399. The number of hydrogen-bond acceptors (Lipinski definition) is 5. The molecule has 0 atom stereocenters. The minimum Gasteiger partial charge on any atom is -0.487 e. The van der Waals surface area contributed by atoms with Crippen molar-refractivity contribution in [3.05, 3.63) is 74.1 Å². The van der Waals surface area contributed by atoms with Gasteiger partial charge in [-0.15, -0.1) is 11.3 Å². The summed E-state index contributed by atoms with van der Waals surface area (Å²) in [5.74, 6) is 0.849. The highest BCUT2D eigenvalue weighted by molar-refractivity contribution is 9.10. The summed E-state index contributed by atoms with van der Waals surface area (Å²) in [7, 11) is 0. The Morgan fingerprint density at radius 3 is 2.67 bits per heavy atom. The topological polar surface area (TPSA) is 65.3 Å². The number of ether oxygens (including phenoxy) is 1. The van der Waals surface area contributed by atoms with E-state index in [2.05, 4.69) is 22.0 Å². The monoisotopic (exact) mass is 438 g/mol. The maximum absolute atomic E-state index is 10.8. The molecule has 4 aromatic rings. The molecule has 0 radical (unpaired) electrons. The third-order valence-corrected chi connectivity index (χ3v) is 6.35. The zero-order valence-corrected chi connectivity index (χ0v) is 16.2. The van der Waals surface area contributed by atoms with Gasteiger partial charge >= 0.3 is 0 Å². The van der Waals surface area contributed by atoms with Crippen LogP contribution in [0.4, 0.5) is 5.69 Å². The van der Waals surface area contributed by atoms with Crippen molar-refractivity contribution in [3.63, 3.8) is 0 Å². The van der Waals surface area contributed by atoms with Gasteiger partial charge in [-0.25, -0.2) is 4.98 Å². The molecule has 132 valence electrons. The number of fused-ring (bicyclic) bond motifs is 5. The van der Waals surface area contributed by atoms with Crippen LogP contribution in [0.25, 0.3) is 32.6 Å². The van der Waals surface area contributed by atoms with Crippen LogP contribution in [0.1, 0.15) is 4.88 Å². The average molecular weight is 439 g/mol. The molecule has 5 rings (SSSR count). The second kappa shape index (κ2) is 6.14. The molecule has 7 heteroatoms. The Balaban J connectivity index is 1.63. The van der Waals surface area contributed by atoms with Gasteiger partial charge in [0.1, 0.15) is 17.4 Å². The van der Waals surface area contributed by atoms with Crippen LogP contribution in [0, 0.1) is 10.1 Å². The van der Waals surface area contributed by atoms with E-state index in [0.717, 1.165) is 47.7 Å². The van der Waals surface area contributed by atoms with Gasteiger partial charge in [-0.05, 0) is 29.7 Å². The summed E-state index contributed by atoms with van der Waals surface area (Å²) in [6.07, 6.45) is 0. The SMILES string of the molecule is O=[N+]([O-])c1ccc(-c2nc3c(s2)COc2c-3ccc3c(Br)cccc23)cc1. The fourth-order valence-corrected chi connectivity index (χ4v) is 4.77. The molecule has 0 fully saturated rings. The van der Waals surface area contributed by atoms with Crippen LogP contribution >= 0.6 is 27.3 Å². The molecule has 5 nitrogen and oxygen atoms in total. The molecule has 0 amide bonds. The molecule has 1 aliphatic rings. The Morgan fingerprint density at radius 1 is 1.07 bits per heavy atom. The van der Waals surface area contributed by atoms with Crippen LogP contribution in [0.3, 0.4) is 0 Å². The number of nitrogens with zero attached hydrogens (tertiary/aromatic N) is 2. The Labute approximate surface area is 166 Å².